The Kier molecular flexibility index (Phi) is 6.51. The second-order valence-electron chi connectivity index (χ2n) is 7.53. The van der Waals surface area contributed by atoms with Gasteiger partial charge in [-0.3, -0.25) is 9.59 Å². The van der Waals surface area contributed by atoms with E-state index in [1.807, 2.05) is 0 Å². The summed E-state index contributed by atoms with van der Waals surface area (Å²) in [6, 6.07) is 10.3. The molecule has 0 N–H and O–H groups in total. The molecule has 2 heterocycles. The predicted octanol–water partition coefficient (Wildman–Crippen LogP) is 2.76. The predicted molar refractivity (Wildman–Crippen MR) is 127 cm³/mol. The van der Waals surface area contributed by atoms with Gasteiger partial charge in [-0.05, 0) is 54.6 Å². The van der Waals surface area contributed by atoms with E-state index in [4.69, 9.17) is 9.47 Å². The number of allylic oxidation sites excluding steroid dienone is 2. The first-order valence-electron chi connectivity index (χ1n) is 10.6. The fourth-order valence-electron chi connectivity index (χ4n) is 3.84. The highest BCUT2D eigenvalue weighted by Crippen LogP contribution is 2.34. The zero-order chi connectivity index (χ0) is 26.0. The van der Waals surface area contributed by atoms with Gasteiger partial charge in [0.15, 0.2) is 0 Å². The Hall–Kier alpha value is -4.99. The number of carbonyl (C=O) groups is 5. The van der Waals surface area contributed by atoms with Crippen molar-refractivity contribution >= 4 is 41.1 Å². The quantitative estimate of drug-likeness (QED) is 0.355. The molecule has 0 unspecified atom stereocenters. The van der Waals surface area contributed by atoms with Gasteiger partial charge in [-0.2, -0.15) is 0 Å². The van der Waals surface area contributed by atoms with E-state index in [0.717, 1.165) is 4.90 Å². The van der Waals surface area contributed by atoms with Crippen LogP contribution >= 0.6 is 0 Å². The summed E-state index contributed by atoms with van der Waals surface area (Å²) < 4.78 is 14.4. The maximum Gasteiger partial charge on any atom is 0.355 e. The Labute approximate surface area is 205 Å². The van der Waals surface area contributed by atoms with E-state index in [2.05, 4.69) is 4.74 Å². The lowest BCUT2D eigenvalue weighted by Gasteiger charge is -2.23. The standard InChI is InChI=1S/C26H20N2O8/c1-34-24(31)15-7-9-16(10-8-15)28-22(29)18-12-11-17(14-20(18)23(28)30)27-13-5-4-6-19(25(32)35-2)21(27)26(33)36-3/h4-14H,1-3H3. The van der Waals surface area contributed by atoms with E-state index in [9.17, 15) is 24.0 Å². The van der Waals surface area contributed by atoms with Crippen molar-refractivity contribution in [2.45, 2.75) is 0 Å². The number of amides is 2. The monoisotopic (exact) mass is 488 g/mol. The minimum Gasteiger partial charge on any atom is -0.465 e. The molecule has 182 valence electrons. The molecule has 0 fully saturated rings. The fourth-order valence-corrected chi connectivity index (χ4v) is 3.84. The highest BCUT2D eigenvalue weighted by molar-refractivity contribution is 6.34. The maximum atomic E-state index is 13.3. The van der Waals surface area contributed by atoms with Crippen molar-refractivity contribution in [2.24, 2.45) is 0 Å². The number of rotatable bonds is 5. The van der Waals surface area contributed by atoms with Crippen molar-refractivity contribution in [3.8, 4) is 0 Å². The van der Waals surface area contributed by atoms with Gasteiger partial charge in [-0.25, -0.2) is 19.3 Å². The molecule has 0 saturated heterocycles. The SMILES string of the molecule is COC(=O)C1=C(C(=O)OC)N(c2ccc3c(c2)C(=O)N(c2ccc(C(=O)OC)cc2)C3=O)C=CC=C1. The van der Waals surface area contributed by atoms with Crippen molar-refractivity contribution in [1.29, 1.82) is 0 Å². The minimum absolute atomic E-state index is 0.0513. The molecular weight excluding hydrogens is 468 g/mol. The Balaban J connectivity index is 1.75. The average molecular weight is 488 g/mol. The lowest BCUT2D eigenvalue weighted by Crippen LogP contribution is -2.29. The summed E-state index contributed by atoms with van der Waals surface area (Å²) in [5.74, 6) is -3.23. The van der Waals surface area contributed by atoms with E-state index >= 15 is 0 Å². The molecule has 0 aliphatic carbocycles. The van der Waals surface area contributed by atoms with Crippen molar-refractivity contribution in [3.05, 3.63) is 94.9 Å². The van der Waals surface area contributed by atoms with Gasteiger partial charge in [0.25, 0.3) is 11.8 Å². The van der Waals surface area contributed by atoms with Gasteiger partial charge < -0.3 is 19.1 Å². The van der Waals surface area contributed by atoms with E-state index in [-0.39, 0.29) is 33.6 Å². The summed E-state index contributed by atoms with van der Waals surface area (Å²) in [5.41, 5.74) is 0.964. The molecule has 0 atom stereocenters. The van der Waals surface area contributed by atoms with E-state index in [0.29, 0.717) is 5.69 Å². The first-order chi connectivity index (χ1) is 17.3. The number of nitrogens with zero attached hydrogens (tertiary/aromatic N) is 2. The van der Waals surface area contributed by atoms with E-state index < -0.39 is 29.7 Å². The molecule has 10 nitrogen and oxygen atoms in total. The molecule has 0 saturated carbocycles. The largest absolute Gasteiger partial charge is 0.465 e. The van der Waals surface area contributed by atoms with Gasteiger partial charge in [0.05, 0.1) is 49.3 Å². The maximum absolute atomic E-state index is 13.3. The molecular formula is C26H20N2O8. The number of hydrogen-bond donors (Lipinski definition) is 0. The smallest absolute Gasteiger partial charge is 0.355 e. The molecule has 10 heteroatoms. The van der Waals surface area contributed by atoms with Crippen molar-refractivity contribution in [1.82, 2.24) is 0 Å². The number of anilines is 2. The zero-order valence-corrected chi connectivity index (χ0v) is 19.5. The molecule has 4 rings (SSSR count). The molecule has 36 heavy (non-hydrogen) atoms. The number of ether oxygens (including phenoxy) is 3. The second kappa shape index (κ2) is 9.71. The van der Waals surface area contributed by atoms with Crippen LogP contribution in [0, 0.1) is 0 Å². The average Bonchev–Trinajstić information content (AvgIpc) is 3.05. The van der Waals surface area contributed by atoms with Crippen LogP contribution in [0.1, 0.15) is 31.1 Å². The molecule has 2 aromatic carbocycles. The van der Waals surface area contributed by atoms with Crippen molar-refractivity contribution in [2.75, 3.05) is 31.1 Å². The summed E-state index contributed by atoms with van der Waals surface area (Å²) in [6.45, 7) is 0. The fraction of sp³-hybridized carbons (Fsp3) is 0.115. The van der Waals surface area contributed by atoms with Crippen LogP contribution < -0.4 is 9.80 Å². The normalized spacial score (nSPS) is 14.5. The minimum atomic E-state index is -0.804. The first kappa shape index (κ1) is 24.1. The number of benzene rings is 2. The molecule has 0 spiro atoms. The van der Waals surface area contributed by atoms with Crippen LogP contribution in [0.5, 0.6) is 0 Å². The Morgan fingerprint density at radius 3 is 1.94 bits per heavy atom. The van der Waals surface area contributed by atoms with Crippen LogP contribution in [0.4, 0.5) is 11.4 Å². The van der Waals surface area contributed by atoms with Crippen LogP contribution in [0.15, 0.2) is 78.2 Å². The number of methoxy groups -OCH3 is 3. The Morgan fingerprint density at radius 1 is 0.694 bits per heavy atom. The molecule has 2 amide bonds. The summed E-state index contributed by atoms with van der Waals surface area (Å²) in [6.07, 6.45) is 6.08. The third-order valence-electron chi connectivity index (χ3n) is 5.58. The third kappa shape index (κ3) is 4.05. The van der Waals surface area contributed by atoms with Crippen LogP contribution in [0.2, 0.25) is 0 Å². The number of esters is 3. The van der Waals surface area contributed by atoms with Gasteiger partial charge in [-0.1, -0.05) is 6.08 Å². The highest BCUT2D eigenvalue weighted by atomic mass is 16.5. The van der Waals surface area contributed by atoms with E-state index in [1.165, 1.54) is 74.9 Å². The lowest BCUT2D eigenvalue weighted by atomic mass is 10.1. The number of imide groups is 1. The van der Waals surface area contributed by atoms with Gasteiger partial charge in [0.1, 0.15) is 5.70 Å². The number of carbonyl (C=O) groups excluding carboxylic acids is 5. The van der Waals surface area contributed by atoms with Crippen molar-refractivity contribution in [3.63, 3.8) is 0 Å². The van der Waals surface area contributed by atoms with Crippen LogP contribution in [0.25, 0.3) is 0 Å². The summed E-state index contributed by atoms with van der Waals surface area (Å²) in [4.78, 5) is 65.4. The number of fused-ring (bicyclic) bond motifs is 1. The molecule has 0 bridgehead atoms. The van der Waals surface area contributed by atoms with Crippen molar-refractivity contribution < 1.29 is 38.2 Å². The van der Waals surface area contributed by atoms with Gasteiger partial charge >= 0.3 is 17.9 Å². The summed E-state index contributed by atoms with van der Waals surface area (Å²) in [5, 5.41) is 0. The van der Waals surface area contributed by atoms with Crippen LogP contribution in [-0.4, -0.2) is 51.1 Å². The molecule has 2 aliphatic rings. The van der Waals surface area contributed by atoms with Gasteiger partial charge in [0.2, 0.25) is 0 Å². The molecule has 0 radical (unpaired) electrons. The van der Waals surface area contributed by atoms with E-state index in [1.54, 1.807) is 18.2 Å². The summed E-state index contributed by atoms with van der Waals surface area (Å²) in [7, 11) is 3.62. The summed E-state index contributed by atoms with van der Waals surface area (Å²) >= 11 is 0. The Morgan fingerprint density at radius 2 is 1.31 bits per heavy atom. The zero-order valence-electron chi connectivity index (χ0n) is 19.5. The third-order valence-corrected chi connectivity index (χ3v) is 5.58. The van der Waals surface area contributed by atoms with Crippen LogP contribution in [-0.2, 0) is 23.8 Å². The van der Waals surface area contributed by atoms with Crippen LogP contribution in [0.3, 0.4) is 0 Å². The van der Waals surface area contributed by atoms with Gasteiger partial charge in [0, 0.05) is 11.9 Å². The topological polar surface area (TPSA) is 120 Å². The van der Waals surface area contributed by atoms with Gasteiger partial charge in [-0.15, -0.1) is 0 Å². The molecule has 2 aliphatic heterocycles. The molecule has 2 aromatic rings. The lowest BCUT2D eigenvalue weighted by molar-refractivity contribution is -0.139. The highest BCUT2D eigenvalue weighted by Gasteiger charge is 2.38. The molecule has 0 aromatic heterocycles. The second-order valence-corrected chi connectivity index (χ2v) is 7.53. The number of hydrogen-bond acceptors (Lipinski definition) is 9. The Bertz CT molecular complexity index is 1390. The first-order valence-corrected chi connectivity index (χ1v) is 10.6.